The summed E-state index contributed by atoms with van der Waals surface area (Å²) in [5.41, 5.74) is 1.03. The zero-order valence-electron chi connectivity index (χ0n) is 12.3. The molecule has 0 radical (unpaired) electrons. The highest BCUT2D eigenvalue weighted by Crippen LogP contribution is 2.26. The van der Waals surface area contributed by atoms with Crippen molar-refractivity contribution >= 4 is 5.97 Å². The molecule has 0 spiro atoms. The molecule has 1 aromatic rings. The normalized spacial score (nSPS) is 17.4. The van der Waals surface area contributed by atoms with Crippen LogP contribution in [0.2, 0.25) is 0 Å². The Morgan fingerprint density at radius 1 is 1.24 bits per heavy atom. The van der Waals surface area contributed by atoms with Gasteiger partial charge in [0.15, 0.2) is 11.5 Å². The Kier molecular flexibility index (Phi) is 5.41. The van der Waals surface area contributed by atoms with Gasteiger partial charge >= 0.3 is 5.97 Å². The lowest BCUT2D eigenvalue weighted by Crippen LogP contribution is -2.34. The van der Waals surface area contributed by atoms with Gasteiger partial charge < -0.3 is 14.9 Å². The van der Waals surface area contributed by atoms with E-state index in [-0.39, 0.29) is 12.3 Å². The van der Waals surface area contributed by atoms with Crippen LogP contribution in [-0.4, -0.2) is 65.8 Å². The van der Waals surface area contributed by atoms with E-state index < -0.39 is 5.97 Å². The molecule has 0 aromatic heterocycles. The molecular formula is C15H22N2O4. The minimum Gasteiger partial charge on any atom is -0.504 e. The highest BCUT2D eigenvalue weighted by Gasteiger charge is 2.17. The minimum atomic E-state index is -0.775. The number of phenolic OH excluding ortho intramolecular Hbond substituents is 1. The van der Waals surface area contributed by atoms with Gasteiger partial charge in [-0.05, 0) is 30.7 Å². The van der Waals surface area contributed by atoms with Gasteiger partial charge in [-0.25, -0.2) is 0 Å². The van der Waals surface area contributed by atoms with Crippen LogP contribution in [0.25, 0.3) is 0 Å². The molecule has 6 heteroatoms. The van der Waals surface area contributed by atoms with Crippen LogP contribution in [0.4, 0.5) is 0 Å². The van der Waals surface area contributed by atoms with E-state index in [0.29, 0.717) is 5.75 Å². The minimum absolute atomic E-state index is 0.108. The number of carbonyl (C=O) groups is 1. The molecule has 21 heavy (non-hydrogen) atoms. The third kappa shape index (κ3) is 4.61. The summed E-state index contributed by atoms with van der Waals surface area (Å²) in [6.45, 7) is 4.20. The summed E-state index contributed by atoms with van der Waals surface area (Å²) in [6, 6.07) is 5.43. The van der Waals surface area contributed by atoms with Crippen LogP contribution < -0.4 is 4.74 Å². The van der Waals surface area contributed by atoms with E-state index in [2.05, 4.69) is 4.90 Å². The highest BCUT2D eigenvalue weighted by atomic mass is 16.5. The lowest BCUT2D eigenvalue weighted by Gasteiger charge is -2.21. The van der Waals surface area contributed by atoms with Crippen molar-refractivity contribution in [1.82, 2.24) is 9.80 Å². The topological polar surface area (TPSA) is 73.2 Å². The molecule has 0 aliphatic carbocycles. The summed E-state index contributed by atoms with van der Waals surface area (Å²) in [6.07, 6.45) is 0.954. The molecule has 0 amide bonds. The first kappa shape index (κ1) is 15.6. The number of hydrogen-bond acceptors (Lipinski definition) is 5. The Balaban J connectivity index is 1.91. The molecule has 2 rings (SSSR count). The number of carboxylic acids is 1. The number of aromatic hydroxyl groups is 1. The van der Waals surface area contributed by atoms with Crippen molar-refractivity contribution in [3.63, 3.8) is 0 Å². The third-order valence-electron chi connectivity index (χ3n) is 3.69. The summed E-state index contributed by atoms with van der Waals surface area (Å²) in [5.74, 6) is -0.150. The Morgan fingerprint density at radius 2 is 1.95 bits per heavy atom. The largest absolute Gasteiger partial charge is 0.504 e. The second-order valence-electron chi connectivity index (χ2n) is 5.31. The van der Waals surface area contributed by atoms with Crippen molar-refractivity contribution in [2.75, 3.05) is 39.8 Å². The quantitative estimate of drug-likeness (QED) is 0.844. The number of rotatable bonds is 5. The number of hydrogen-bond donors (Lipinski definition) is 2. The van der Waals surface area contributed by atoms with E-state index in [1.54, 1.807) is 12.1 Å². The Hall–Kier alpha value is -1.79. The maximum atomic E-state index is 10.8. The van der Waals surface area contributed by atoms with Gasteiger partial charge in [0, 0.05) is 26.2 Å². The van der Waals surface area contributed by atoms with Crippen LogP contribution in [0.15, 0.2) is 18.2 Å². The first-order valence-corrected chi connectivity index (χ1v) is 7.11. The fourth-order valence-electron chi connectivity index (χ4n) is 2.62. The van der Waals surface area contributed by atoms with Crippen molar-refractivity contribution in [3.8, 4) is 11.5 Å². The number of aliphatic carboxylic acids is 1. The zero-order valence-corrected chi connectivity index (χ0v) is 12.3. The average molecular weight is 294 g/mol. The summed E-state index contributed by atoms with van der Waals surface area (Å²) in [5, 5.41) is 18.6. The molecule has 116 valence electrons. The van der Waals surface area contributed by atoms with Crippen LogP contribution in [0.5, 0.6) is 11.5 Å². The lowest BCUT2D eigenvalue weighted by atomic mass is 10.2. The average Bonchev–Trinajstić information content (AvgIpc) is 2.64. The molecule has 0 bridgehead atoms. The molecule has 1 aliphatic heterocycles. The monoisotopic (exact) mass is 294 g/mol. The van der Waals surface area contributed by atoms with Crippen LogP contribution in [0.1, 0.15) is 12.0 Å². The fourth-order valence-corrected chi connectivity index (χ4v) is 2.62. The number of carboxylic acid groups (broad SMARTS) is 1. The zero-order chi connectivity index (χ0) is 15.2. The van der Waals surface area contributed by atoms with E-state index in [9.17, 15) is 9.90 Å². The summed E-state index contributed by atoms with van der Waals surface area (Å²) in [4.78, 5) is 15.0. The maximum absolute atomic E-state index is 10.8. The van der Waals surface area contributed by atoms with Gasteiger partial charge in [-0.15, -0.1) is 0 Å². The van der Waals surface area contributed by atoms with Crippen molar-refractivity contribution in [2.45, 2.75) is 13.0 Å². The summed E-state index contributed by atoms with van der Waals surface area (Å²) >= 11 is 0. The molecule has 1 fully saturated rings. The predicted molar refractivity (Wildman–Crippen MR) is 78.6 cm³/mol. The van der Waals surface area contributed by atoms with E-state index >= 15 is 0 Å². The van der Waals surface area contributed by atoms with Gasteiger partial charge in [0.05, 0.1) is 13.7 Å². The van der Waals surface area contributed by atoms with Crippen molar-refractivity contribution < 1.29 is 19.7 Å². The molecule has 1 aliphatic rings. The Labute approximate surface area is 124 Å². The number of phenols is 1. The Morgan fingerprint density at radius 3 is 2.62 bits per heavy atom. The van der Waals surface area contributed by atoms with Crippen molar-refractivity contribution in [3.05, 3.63) is 23.8 Å². The van der Waals surface area contributed by atoms with Gasteiger partial charge in [0.25, 0.3) is 0 Å². The molecule has 6 nitrogen and oxygen atoms in total. The van der Waals surface area contributed by atoms with E-state index in [4.69, 9.17) is 9.84 Å². The highest BCUT2D eigenvalue weighted by molar-refractivity contribution is 5.69. The second-order valence-corrected chi connectivity index (χ2v) is 5.31. The maximum Gasteiger partial charge on any atom is 0.317 e. The molecule has 0 saturated carbocycles. The number of benzene rings is 1. The van der Waals surface area contributed by atoms with Gasteiger partial charge in [-0.1, -0.05) is 6.07 Å². The molecule has 1 aromatic carbocycles. The Bertz CT molecular complexity index is 493. The SMILES string of the molecule is COc1ccc(CN2CCCN(CC(=O)O)CC2)cc1O. The molecule has 1 saturated heterocycles. The summed E-state index contributed by atoms with van der Waals surface area (Å²) < 4.78 is 5.04. The van der Waals surface area contributed by atoms with Crippen LogP contribution >= 0.6 is 0 Å². The third-order valence-corrected chi connectivity index (χ3v) is 3.69. The standard InChI is InChI=1S/C15H22N2O4/c1-21-14-4-3-12(9-13(14)18)10-16-5-2-6-17(8-7-16)11-15(19)20/h3-4,9,18H,2,5-8,10-11H2,1H3,(H,19,20). The van der Waals surface area contributed by atoms with E-state index in [1.165, 1.54) is 7.11 Å². The molecule has 2 N–H and O–H groups in total. The van der Waals surface area contributed by atoms with E-state index in [0.717, 1.165) is 44.7 Å². The van der Waals surface area contributed by atoms with Crippen LogP contribution in [0.3, 0.4) is 0 Å². The van der Waals surface area contributed by atoms with E-state index in [1.807, 2.05) is 11.0 Å². The first-order valence-electron chi connectivity index (χ1n) is 7.11. The van der Waals surface area contributed by atoms with Gasteiger partial charge in [0.2, 0.25) is 0 Å². The number of nitrogens with zero attached hydrogens (tertiary/aromatic N) is 2. The van der Waals surface area contributed by atoms with Crippen molar-refractivity contribution in [1.29, 1.82) is 0 Å². The second kappa shape index (κ2) is 7.28. The first-order chi connectivity index (χ1) is 10.1. The van der Waals surface area contributed by atoms with Crippen molar-refractivity contribution in [2.24, 2.45) is 0 Å². The molecule has 1 heterocycles. The molecule has 0 atom stereocenters. The van der Waals surface area contributed by atoms with Crippen LogP contribution in [-0.2, 0) is 11.3 Å². The number of ether oxygens (including phenoxy) is 1. The van der Waals surface area contributed by atoms with Gasteiger partial charge in [0.1, 0.15) is 0 Å². The lowest BCUT2D eigenvalue weighted by molar-refractivity contribution is -0.138. The summed E-state index contributed by atoms with van der Waals surface area (Å²) in [7, 11) is 1.53. The van der Waals surface area contributed by atoms with Gasteiger partial charge in [-0.2, -0.15) is 0 Å². The number of methoxy groups -OCH3 is 1. The molecule has 0 unspecified atom stereocenters. The smallest absolute Gasteiger partial charge is 0.317 e. The fraction of sp³-hybridized carbons (Fsp3) is 0.533. The van der Waals surface area contributed by atoms with Crippen LogP contribution in [0, 0.1) is 0 Å². The predicted octanol–water partition coefficient (Wildman–Crippen LogP) is 0.993. The van der Waals surface area contributed by atoms with Gasteiger partial charge in [-0.3, -0.25) is 14.6 Å². The molecular weight excluding hydrogens is 272 g/mol.